The average molecular weight is 376 g/mol. The Labute approximate surface area is 162 Å². The quantitative estimate of drug-likeness (QED) is 0.552. The second-order valence-corrected chi connectivity index (χ2v) is 7.11. The fraction of sp³-hybridized carbons (Fsp3) is 0.174. The first-order valence-corrected chi connectivity index (χ1v) is 9.06. The van der Waals surface area contributed by atoms with Gasteiger partial charge in [0, 0.05) is 18.1 Å². The molecule has 0 aliphatic heterocycles. The molecule has 1 saturated carbocycles. The minimum Gasteiger partial charge on any atom is -0.508 e. The van der Waals surface area contributed by atoms with Gasteiger partial charge in [-0.25, -0.2) is 0 Å². The van der Waals surface area contributed by atoms with Crippen molar-refractivity contribution in [2.24, 2.45) is 5.92 Å². The molecule has 1 aliphatic carbocycles. The Morgan fingerprint density at radius 1 is 0.929 bits per heavy atom. The van der Waals surface area contributed by atoms with Crippen LogP contribution in [0.15, 0.2) is 60.7 Å². The van der Waals surface area contributed by atoms with Crippen LogP contribution < -0.4 is 4.74 Å². The predicted molar refractivity (Wildman–Crippen MR) is 104 cm³/mol. The van der Waals surface area contributed by atoms with Crippen LogP contribution in [-0.4, -0.2) is 21.1 Å². The van der Waals surface area contributed by atoms with Gasteiger partial charge in [0.15, 0.2) is 5.78 Å². The molecule has 0 radical (unpaired) electrons. The predicted octanol–water partition coefficient (Wildman–Crippen LogP) is 4.89. The van der Waals surface area contributed by atoms with Gasteiger partial charge >= 0.3 is 0 Å². The number of aryl methyl sites for hydroxylation is 1. The summed E-state index contributed by atoms with van der Waals surface area (Å²) in [4.78, 5) is 12.7. The topological polar surface area (TPSA) is 87.0 Å². The summed E-state index contributed by atoms with van der Waals surface area (Å²) in [5.41, 5.74) is 1.94. The first-order valence-electron chi connectivity index (χ1n) is 9.06. The van der Waals surface area contributed by atoms with Crippen LogP contribution in [0.2, 0.25) is 0 Å². The molecular formula is C23H20O5. The molecule has 1 fully saturated rings. The molecule has 28 heavy (non-hydrogen) atoms. The fourth-order valence-electron chi connectivity index (χ4n) is 3.62. The molecule has 3 aromatic carbocycles. The van der Waals surface area contributed by atoms with Crippen molar-refractivity contribution in [3.05, 3.63) is 77.4 Å². The highest BCUT2D eigenvalue weighted by molar-refractivity contribution is 6.05. The van der Waals surface area contributed by atoms with Crippen molar-refractivity contribution in [3.8, 4) is 28.7 Å². The largest absolute Gasteiger partial charge is 0.508 e. The van der Waals surface area contributed by atoms with Crippen molar-refractivity contribution in [3.63, 3.8) is 0 Å². The summed E-state index contributed by atoms with van der Waals surface area (Å²) in [7, 11) is 0. The number of phenols is 3. The number of phenolic OH excluding ortho intramolecular Hbond substituents is 3. The maximum Gasteiger partial charge on any atom is 0.174 e. The Bertz CT molecular complexity index is 1020. The second kappa shape index (κ2) is 6.93. The summed E-state index contributed by atoms with van der Waals surface area (Å²) in [6.07, 6.45) is 0.651. The number of rotatable bonds is 5. The van der Waals surface area contributed by atoms with Crippen molar-refractivity contribution < 1.29 is 24.9 Å². The van der Waals surface area contributed by atoms with Gasteiger partial charge in [-0.2, -0.15) is 0 Å². The van der Waals surface area contributed by atoms with E-state index >= 15 is 0 Å². The first-order chi connectivity index (χ1) is 13.4. The highest BCUT2D eigenvalue weighted by atomic mass is 16.5. The molecule has 3 aromatic rings. The highest BCUT2D eigenvalue weighted by Crippen LogP contribution is 2.52. The Morgan fingerprint density at radius 2 is 1.61 bits per heavy atom. The second-order valence-electron chi connectivity index (χ2n) is 7.11. The maximum atomic E-state index is 12.7. The molecule has 142 valence electrons. The van der Waals surface area contributed by atoms with E-state index in [1.807, 2.05) is 55.5 Å². The van der Waals surface area contributed by atoms with Crippen LogP contribution in [0.3, 0.4) is 0 Å². The summed E-state index contributed by atoms with van der Waals surface area (Å²) in [5, 5.41) is 29.3. The van der Waals surface area contributed by atoms with Gasteiger partial charge in [0.25, 0.3) is 0 Å². The van der Waals surface area contributed by atoms with Crippen LogP contribution in [0.4, 0.5) is 0 Å². The van der Waals surface area contributed by atoms with Crippen molar-refractivity contribution in [2.45, 2.75) is 19.3 Å². The zero-order valence-electron chi connectivity index (χ0n) is 15.3. The standard InChI is InChI=1S/C23H20O5/c1-13-9-16(28-15-5-3-2-4-6-15)7-8-17(13)18-12-19(18)23(27)22-20(25)10-14(24)11-21(22)26/h2-11,18-19,24-26H,12H2,1H3. The van der Waals surface area contributed by atoms with Gasteiger partial charge in [-0.1, -0.05) is 24.3 Å². The molecule has 0 heterocycles. The number of para-hydroxylation sites is 1. The molecular weight excluding hydrogens is 356 g/mol. The van der Waals surface area contributed by atoms with E-state index in [1.165, 1.54) is 0 Å². The lowest BCUT2D eigenvalue weighted by Crippen LogP contribution is -2.04. The lowest BCUT2D eigenvalue weighted by molar-refractivity contribution is 0.0959. The number of carbonyl (C=O) groups is 1. The lowest BCUT2D eigenvalue weighted by Gasteiger charge is -2.11. The van der Waals surface area contributed by atoms with E-state index in [1.54, 1.807) is 0 Å². The molecule has 2 unspecified atom stereocenters. The average Bonchev–Trinajstić information content (AvgIpc) is 3.42. The van der Waals surface area contributed by atoms with Gasteiger partial charge in [-0.05, 0) is 54.7 Å². The van der Waals surface area contributed by atoms with E-state index in [0.717, 1.165) is 34.8 Å². The van der Waals surface area contributed by atoms with E-state index in [4.69, 9.17) is 4.74 Å². The molecule has 0 aromatic heterocycles. The van der Waals surface area contributed by atoms with E-state index in [2.05, 4.69) is 0 Å². The number of ketones is 1. The van der Waals surface area contributed by atoms with Crippen LogP contribution >= 0.6 is 0 Å². The Hall–Kier alpha value is -3.47. The minimum atomic E-state index is -0.406. The number of benzene rings is 3. The van der Waals surface area contributed by atoms with Gasteiger partial charge in [0.1, 0.15) is 34.3 Å². The molecule has 0 bridgehead atoms. The summed E-state index contributed by atoms with van der Waals surface area (Å²) in [6.45, 7) is 1.97. The molecule has 0 saturated heterocycles. The zero-order chi connectivity index (χ0) is 19.8. The first kappa shape index (κ1) is 17.9. The molecule has 5 heteroatoms. The summed E-state index contributed by atoms with van der Waals surface area (Å²) in [6, 6.07) is 17.4. The SMILES string of the molecule is Cc1cc(Oc2ccccc2)ccc1C1CC1C(=O)c1c(O)cc(O)cc1O. The number of ether oxygens (including phenoxy) is 1. The summed E-state index contributed by atoms with van der Waals surface area (Å²) >= 11 is 0. The number of hydrogen-bond donors (Lipinski definition) is 3. The molecule has 1 aliphatic rings. The molecule has 3 N–H and O–H groups in total. The molecule has 0 amide bonds. The van der Waals surface area contributed by atoms with E-state index in [-0.39, 0.29) is 28.9 Å². The van der Waals surface area contributed by atoms with Crippen molar-refractivity contribution in [1.82, 2.24) is 0 Å². The Morgan fingerprint density at radius 3 is 2.25 bits per heavy atom. The van der Waals surface area contributed by atoms with E-state index < -0.39 is 11.5 Å². The highest BCUT2D eigenvalue weighted by Gasteiger charge is 2.46. The van der Waals surface area contributed by atoms with Gasteiger partial charge in [0.2, 0.25) is 0 Å². The zero-order valence-corrected chi connectivity index (χ0v) is 15.3. The van der Waals surface area contributed by atoms with Gasteiger partial charge < -0.3 is 20.1 Å². The van der Waals surface area contributed by atoms with E-state index in [0.29, 0.717) is 6.42 Å². The normalized spacial score (nSPS) is 17.9. The monoisotopic (exact) mass is 376 g/mol. The molecule has 4 rings (SSSR count). The smallest absolute Gasteiger partial charge is 0.174 e. The van der Waals surface area contributed by atoms with Crippen molar-refractivity contribution in [2.75, 3.05) is 0 Å². The Balaban J connectivity index is 1.52. The third-order valence-corrected chi connectivity index (χ3v) is 5.07. The summed E-state index contributed by atoms with van der Waals surface area (Å²) in [5.74, 6) is -0.204. The number of hydrogen-bond acceptors (Lipinski definition) is 5. The third-order valence-electron chi connectivity index (χ3n) is 5.07. The number of carbonyl (C=O) groups excluding carboxylic acids is 1. The van der Waals surface area contributed by atoms with Gasteiger partial charge in [0.05, 0.1) is 0 Å². The number of aromatic hydroxyl groups is 3. The maximum absolute atomic E-state index is 12.7. The lowest BCUT2D eigenvalue weighted by atomic mass is 9.98. The van der Waals surface area contributed by atoms with Gasteiger partial charge in [-0.15, -0.1) is 0 Å². The Kier molecular flexibility index (Phi) is 4.43. The third kappa shape index (κ3) is 3.39. The summed E-state index contributed by atoms with van der Waals surface area (Å²) < 4.78 is 5.84. The van der Waals surface area contributed by atoms with Crippen LogP contribution in [-0.2, 0) is 0 Å². The van der Waals surface area contributed by atoms with Crippen molar-refractivity contribution in [1.29, 1.82) is 0 Å². The van der Waals surface area contributed by atoms with Crippen molar-refractivity contribution >= 4 is 5.78 Å². The van der Waals surface area contributed by atoms with Crippen LogP contribution in [0.1, 0.15) is 33.8 Å². The van der Waals surface area contributed by atoms with Gasteiger partial charge in [-0.3, -0.25) is 4.79 Å². The van der Waals surface area contributed by atoms with E-state index in [9.17, 15) is 20.1 Å². The molecule has 0 spiro atoms. The van der Waals surface area contributed by atoms with Crippen LogP contribution in [0.25, 0.3) is 0 Å². The number of Topliss-reactive ketones (excluding diaryl/α,β-unsaturated/α-hetero) is 1. The minimum absolute atomic E-state index is 0.0332. The molecule has 5 nitrogen and oxygen atoms in total. The van der Waals surface area contributed by atoms with Crippen LogP contribution in [0, 0.1) is 12.8 Å². The molecule has 2 atom stereocenters. The fourth-order valence-corrected chi connectivity index (χ4v) is 3.62. The van der Waals surface area contributed by atoms with Crippen LogP contribution in [0.5, 0.6) is 28.7 Å².